The molecule has 0 aromatic heterocycles. The molecule has 150 valence electrons. The number of carbonyl (C=O) groups excluding carboxylic acids is 1. The van der Waals surface area contributed by atoms with Gasteiger partial charge in [0.1, 0.15) is 6.54 Å². The Labute approximate surface area is 158 Å². The van der Waals surface area contributed by atoms with Crippen molar-refractivity contribution >= 4 is 27.3 Å². The molecule has 1 N–H and O–H groups in total. The van der Waals surface area contributed by atoms with Gasteiger partial charge in [-0.25, -0.2) is 8.42 Å². The molecule has 28 heavy (non-hydrogen) atoms. The third-order valence-corrected chi connectivity index (χ3v) is 4.97. The van der Waals surface area contributed by atoms with Crippen molar-refractivity contribution in [3.63, 3.8) is 0 Å². The maximum atomic E-state index is 12.6. The quantitative estimate of drug-likeness (QED) is 0.810. The van der Waals surface area contributed by atoms with Gasteiger partial charge in [-0.2, -0.15) is 13.2 Å². The number of hydrogen-bond acceptors (Lipinski definition) is 5. The number of halogens is 3. The van der Waals surface area contributed by atoms with Gasteiger partial charge in [-0.15, -0.1) is 0 Å². The number of sulfonamides is 1. The highest BCUT2D eigenvalue weighted by atomic mass is 32.2. The van der Waals surface area contributed by atoms with E-state index in [1.165, 1.54) is 18.2 Å². The first-order valence-corrected chi connectivity index (χ1v) is 9.73. The molecule has 2 aromatic carbocycles. The first-order chi connectivity index (χ1) is 13.0. The zero-order chi connectivity index (χ0) is 20.5. The zero-order valence-electron chi connectivity index (χ0n) is 14.5. The first kappa shape index (κ1) is 19.8. The Morgan fingerprint density at radius 3 is 2.36 bits per heavy atom. The number of amides is 1. The van der Waals surface area contributed by atoms with Gasteiger partial charge in [0.15, 0.2) is 11.5 Å². The van der Waals surface area contributed by atoms with Crippen LogP contribution in [-0.4, -0.2) is 33.9 Å². The first-order valence-electron chi connectivity index (χ1n) is 7.88. The maximum absolute atomic E-state index is 12.6. The van der Waals surface area contributed by atoms with Crippen LogP contribution in [0.4, 0.5) is 24.5 Å². The van der Waals surface area contributed by atoms with Gasteiger partial charge >= 0.3 is 6.18 Å². The molecule has 3 rings (SSSR count). The van der Waals surface area contributed by atoms with Gasteiger partial charge in [0.2, 0.25) is 22.7 Å². The lowest BCUT2D eigenvalue weighted by Crippen LogP contribution is -2.37. The van der Waals surface area contributed by atoms with Crippen molar-refractivity contribution in [3.05, 3.63) is 48.0 Å². The van der Waals surface area contributed by atoms with Gasteiger partial charge < -0.3 is 14.8 Å². The van der Waals surface area contributed by atoms with Crippen LogP contribution in [-0.2, 0) is 21.0 Å². The van der Waals surface area contributed by atoms with Crippen LogP contribution >= 0.6 is 0 Å². The number of ether oxygens (including phenoxy) is 2. The van der Waals surface area contributed by atoms with Crippen LogP contribution < -0.4 is 19.1 Å². The smallest absolute Gasteiger partial charge is 0.416 e. The molecule has 1 aliphatic heterocycles. The number of nitrogens with one attached hydrogen (secondary N) is 1. The van der Waals surface area contributed by atoms with E-state index < -0.39 is 34.2 Å². The van der Waals surface area contributed by atoms with E-state index in [1.807, 2.05) is 0 Å². The van der Waals surface area contributed by atoms with Gasteiger partial charge in [0.25, 0.3) is 0 Å². The highest BCUT2D eigenvalue weighted by molar-refractivity contribution is 7.92. The summed E-state index contributed by atoms with van der Waals surface area (Å²) in [6.45, 7) is -0.564. The van der Waals surface area contributed by atoms with E-state index in [4.69, 9.17) is 9.47 Å². The molecule has 0 saturated heterocycles. The highest BCUT2D eigenvalue weighted by Crippen LogP contribution is 2.36. The molecule has 0 fully saturated rings. The summed E-state index contributed by atoms with van der Waals surface area (Å²) in [6, 6.07) is 8.22. The second kappa shape index (κ2) is 7.23. The Balaban J connectivity index is 1.75. The molecule has 11 heteroatoms. The van der Waals surface area contributed by atoms with E-state index in [0.29, 0.717) is 11.5 Å². The van der Waals surface area contributed by atoms with Crippen LogP contribution in [0.25, 0.3) is 0 Å². The molecule has 0 saturated carbocycles. The van der Waals surface area contributed by atoms with Crippen LogP contribution in [0.15, 0.2) is 42.5 Å². The number of anilines is 2. The Hall–Kier alpha value is -2.95. The third-order valence-electron chi connectivity index (χ3n) is 3.83. The minimum absolute atomic E-state index is 0.00602. The summed E-state index contributed by atoms with van der Waals surface area (Å²) in [5.41, 5.74) is -0.560. The standard InChI is InChI=1S/C17H15F3N2O5S/c1-28(24,25)22(13-6-7-14-15(8-13)27-10-26-14)9-16(23)21-12-4-2-11(3-5-12)17(18,19)20/h2-8H,9-10H2,1H3,(H,21,23). The SMILES string of the molecule is CS(=O)(=O)N(CC(=O)Nc1ccc(C(F)(F)F)cc1)c1ccc2c(c1)OCO2. The normalized spacial score (nSPS) is 13.3. The van der Waals surface area contributed by atoms with E-state index in [1.54, 1.807) is 0 Å². The van der Waals surface area contributed by atoms with E-state index in [-0.39, 0.29) is 18.2 Å². The lowest BCUT2D eigenvalue weighted by molar-refractivity contribution is -0.137. The van der Waals surface area contributed by atoms with Crippen molar-refractivity contribution in [2.75, 3.05) is 29.2 Å². The third kappa shape index (κ3) is 4.47. The van der Waals surface area contributed by atoms with Gasteiger partial charge in [-0.3, -0.25) is 9.10 Å². The molecule has 1 heterocycles. The monoisotopic (exact) mass is 416 g/mol. The van der Waals surface area contributed by atoms with Gasteiger partial charge in [-0.05, 0) is 36.4 Å². The average Bonchev–Trinajstić information content (AvgIpc) is 3.06. The Morgan fingerprint density at radius 1 is 1.11 bits per heavy atom. The summed E-state index contributed by atoms with van der Waals surface area (Å²) in [4.78, 5) is 12.3. The Morgan fingerprint density at radius 2 is 1.75 bits per heavy atom. The number of hydrogen-bond donors (Lipinski definition) is 1. The summed E-state index contributed by atoms with van der Waals surface area (Å²) in [6.07, 6.45) is -3.56. The van der Waals surface area contributed by atoms with E-state index in [9.17, 15) is 26.4 Å². The molecule has 0 unspecified atom stereocenters. The molecule has 1 aliphatic rings. The summed E-state index contributed by atoms with van der Waals surface area (Å²) in [5.74, 6) is 0.0727. The number of benzene rings is 2. The Kier molecular flexibility index (Phi) is 5.11. The van der Waals surface area contributed by atoms with E-state index in [0.717, 1.165) is 34.8 Å². The van der Waals surface area contributed by atoms with Crippen molar-refractivity contribution in [1.29, 1.82) is 0 Å². The molecule has 0 radical (unpaired) electrons. The molecule has 0 atom stereocenters. The van der Waals surface area contributed by atoms with Gasteiger partial charge in [-0.1, -0.05) is 0 Å². The lowest BCUT2D eigenvalue weighted by Gasteiger charge is -2.22. The average molecular weight is 416 g/mol. The van der Waals surface area contributed by atoms with Crippen LogP contribution in [0, 0.1) is 0 Å². The molecule has 0 bridgehead atoms. The molecule has 2 aromatic rings. The fourth-order valence-corrected chi connectivity index (χ4v) is 3.36. The maximum Gasteiger partial charge on any atom is 0.416 e. The van der Waals surface area contributed by atoms with Crippen LogP contribution in [0.5, 0.6) is 11.5 Å². The number of rotatable bonds is 5. The predicted octanol–water partition coefficient (Wildman–Crippen LogP) is 2.84. The second-order valence-electron chi connectivity index (χ2n) is 5.93. The van der Waals surface area contributed by atoms with Gasteiger partial charge in [0.05, 0.1) is 17.5 Å². The number of alkyl halides is 3. The number of nitrogens with zero attached hydrogens (tertiary/aromatic N) is 1. The number of fused-ring (bicyclic) bond motifs is 1. The van der Waals surface area contributed by atoms with Crippen molar-refractivity contribution in [2.45, 2.75) is 6.18 Å². The minimum atomic E-state index is -4.49. The van der Waals surface area contributed by atoms with Crippen molar-refractivity contribution in [1.82, 2.24) is 0 Å². The van der Waals surface area contributed by atoms with E-state index in [2.05, 4.69) is 5.32 Å². The fraction of sp³-hybridized carbons (Fsp3) is 0.235. The Bertz CT molecular complexity index is 991. The summed E-state index contributed by atoms with van der Waals surface area (Å²) >= 11 is 0. The fourth-order valence-electron chi connectivity index (χ4n) is 2.51. The summed E-state index contributed by atoms with van der Waals surface area (Å²) in [5, 5.41) is 2.38. The summed E-state index contributed by atoms with van der Waals surface area (Å²) in [7, 11) is -3.82. The molecule has 0 spiro atoms. The largest absolute Gasteiger partial charge is 0.454 e. The van der Waals surface area contributed by atoms with Gasteiger partial charge in [0, 0.05) is 11.8 Å². The molecule has 0 aliphatic carbocycles. The molecular formula is C17H15F3N2O5S. The van der Waals surface area contributed by atoms with Crippen LogP contribution in [0.3, 0.4) is 0 Å². The second-order valence-corrected chi connectivity index (χ2v) is 7.84. The van der Waals surface area contributed by atoms with Crippen molar-refractivity contribution in [3.8, 4) is 11.5 Å². The molecule has 7 nitrogen and oxygen atoms in total. The highest BCUT2D eigenvalue weighted by Gasteiger charge is 2.30. The minimum Gasteiger partial charge on any atom is -0.454 e. The van der Waals surface area contributed by atoms with E-state index >= 15 is 0 Å². The summed E-state index contributed by atoms with van der Waals surface area (Å²) < 4.78 is 73.2. The molecular weight excluding hydrogens is 401 g/mol. The topological polar surface area (TPSA) is 84.9 Å². The van der Waals surface area contributed by atoms with Crippen LogP contribution in [0.1, 0.15) is 5.56 Å². The van der Waals surface area contributed by atoms with Crippen molar-refractivity contribution < 1.29 is 35.9 Å². The van der Waals surface area contributed by atoms with Crippen LogP contribution in [0.2, 0.25) is 0 Å². The predicted molar refractivity (Wildman–Crippen MR) is 94.8 cm³/mol. The lowest BCUT2D eigenvalue weighted by atomic mass is 10.2. The number of carbonyl (C=O) groups is 1. The molecule has 1 amide bonds. The van der Waals surface area contributed by atoms with Crippen molar-refractivity contribution in [2.24, 2.45) is 0 Å². The zero-order valence-corrected chi connectivity index (χ0v) is 15.3.